The van der Waals surface area contributed by atoms with Gasteiger partial charge in [0.05, 0.1) is 0 Å². The molecule has 0 aliphatic heterocycles. The highest BCUT2D eigenvalue weighted by Gasteiger charge is 2.02. The summed E-state index contributed by atoms with van der Waals surface area (Å²) in [6, 6.07) is 11.7. The van der Waals surface area contributed by atoms with Crippen molar-refractivity contribution in [3.8, 4) is 6.07 Å². The molecule has 1 aromatic heterocycles. The fourth-order valence-corrected chi connectivity index (χ4v) is 2.05. The molecule has 19 heavy (non-hydrogen) atoms. The zero-order chi connectivity index (χ0) is 13.7. The van der Waals surface area contributed by atoms with E-state index in [-0.39, 0.29) is 0 Å². The normalized spacial score (nSPS) is 9.95. The van der Waals surface area contributed by atoms with Gasteiger partial charge in [-0.05, 0) is 49.1 Å². The van der Waals surface area contributed by atoms with Crippen LogP contribution >= 0.6 is 0 Å². The number of rotatable bonds is 4. The van der Waals surface area contributed by atoms with Gasteiger partial charge in [-0.3, -0.25) is 0 Å². The zero-order valence-electron chi connectivity index (χ0n) is 11.1. The smallest absolute Gasteiger partial charge is 0.163 e. The molecule has 0 saturated carbocycles. The SMILES string of the molecule is Cc1cccc(C)c1CCNc1ccc(C#N)nn1. The molecule has 2 rings (SSSR count). The minimum absolute atomic E-state index is 0.334. The minimum Gasteiger partial charge on any atom is -0.368 e. The van der Waals surface area contributed by atoms with E-state index in [9.17, 15) is 0 Å². The largest absolute Gasteiger partial charge is 0.368 e. The van der Waals surface area contributed by atoms with Gasteiger partial charge in [-0.2, -0.15) is 5.26 Å². The average Bonchev–Trinajstić information content (AvgIpc) is 2.43. The molecule has 0 fully saturated rings. The van der Waals surface area contributed by atoms with Crippen molar-refractivity contribution < 1.29 is 0 Å². The van der Waals surface area contributed by atoms with Crippen LogP contribution in [-0.2, 0) is 6.42 Å². The average molecular weight is 252 g/mol. The van der Waals surface area contributed by atoms with Gasteiger partial charge in [0.15, 0.2) is 5.69 Å². The van der Waals surface area contributed by atoms with E-state index in [1.54, 1.807) is 12.1 Å². The van der Waals surface area contributed by atoms with Crippen LogP contribution in [0, 0.1) is 25.2 Å². The molecule has 0 unspecified atom stereocenters. The van der Waals surface area contributed by atoms with Crippen molar-refractivity contribution in [2.45, 2.75) is 20.3 Å². The van der Waals surface area contributed by atoms with Gasteiger partial charge in [-0.15, -0.1) is 10.2 Å². The highest BCUT2D eigenvalue weighted by molar-refractivity contribution is 5.37. The Morgan fingerprint density at radius 2 is 1.84 bits per heavy atom. The Kier molecular flexibility index (Phi) is 4.09. The van der Waals surface area contributed by atoms with Crippen molar-refractivity contribution >= 4 is 5.82 Å². The lowest BCUT2D eigenvalue weighted by Gasteiger charge is -2.10. The van der Waals surface area contributed by atoms with E-state index in [1.807, 2.05) is 6.07 Å². The molecule has 0 aliphatic carbocycles. The molecule has 4 nitrogen and oxygen atoms in total. The third-order valence-corrected chi connectivity index (χ3v) is 3.10. The number of benzene rings is 1. The van der Waals surface area contributed by atoms with Crippen LogP contribution in [0.25, 0.3) is 0 Å². The fraction of sp³-hybridized carbons (Fsp3) is 0.267. The molecule has 1 aromatic carbocycles. The summed E-state index contributed by atoms with van der Waals surface area (Å²) >= 11 is 0. The molecule has 0 amide bonds. The highest BCUT2D eigenvalue weighted by Crippen LogP contribution is 2.14. The summed E-state index contributed by atoms with van der Waals surface area (Å²) in [7, 11) is 0. The summed E-state index contributed by atoms with van der Waals surface area (Å²) in [6.07, 6.45) is 0.945. The Morgan fingerprint density at radius 1 is 1.11 bits per heavy atom. The van der Waals surface area contributed by atoms with E-state index < -0.39 is 0 Å². The molecular weight excluding hydrogens is 236 g/mol. The molecule has 96 valence electrons. The quantitative estimate of drug-likeness (QED) is 0.908. The van der Waals surface area contributed by atoms with E-state index in [0.717, 1.165) is 13.0 Å². The Labute approximate surface area is 113 Å². The number of nitrogens with zero attached hydrogens (tertiary/aromatic N) is 3. The van der Waals surface area contributed by atoms with Crippen molar-refractivity contribution in [3.05, 3.63) is 52.7 Å². The molecule has 1 heterocycles. The van der Waals surface area contributed by atoms with Crippen LogP contribution in [0.3, 0.4) is 0 Å². The molecular formula is C15H16N4. The van der Waals surface area contributed by atoms with Gasteiger partial charge in [0, 0.05) is 6.54 Å². The van der Waals surface area contributed by atoms with E-state index in [2.05, 4.69) is 47.6 Å². The maximum atomic E-state index is 8.64. The number of aryl methyl sites for hydroxylation is 2. The first-order chi connectivity index (χ1) is 9.20. The van der Waals surface area contributed by atoms with Gasteiger partial charge >= 0.3 is 0 Å². The fourth-order valence-electron chi connectivity index (χ4n) is 2.05. The van der Waals surface area contributed by atoms with E-state index >= 15 is 0 Å². The number of nitrogens with one attached hydrogen (secondary N) is 1. The van der Waals surface area contributed by atoms with Crippen molar-refractivity contribution in [2.75, 3.05) is 11.9 Å². The predicted molar refractivity (Wildman–Crippen MR) is 74.9 cm³/mol. The number of nitriles is 1. The third-order valence-electron chi connectivity index (χ3n) is 3.10. The summed E-state index contributed by atoms with van der Waals surface area (Å²) in [6.45, 7) is 5.06. The van der Waals surface area contributed by atoms with Crippen LogP contribution < -0.4 is 5.32 Å². The van der Waals surface area contributed by atoms with Crippen LogP contribution in [-0.4, -0.2) is 16.7 Å². The predicted octanol–water partition coefficient (Wildman–Crippen LogP) is 2.62. The van der Waals surface area contributed by atoms with Crippen LogP contribution in [0.4, 0.5) is 5.82 Å². The molecule has 4 heteroatoms. The Morgan fingerprint density at radius 3 is 2.42 bits per heavy atom. The van der Waals surface area contributed by atoms with Gasteiger partial charge < -0.3 is 5.32 Å². The molecule has 2 aromatic rings. The second-order valence-electron chi connectivity index (χ2n) is 4.46. The molecule has 0 spiro atoms. The van der Waals surface area contributed by atoms with E-state index in [4.69, 9.17) is 5.26 Å². The summed E-state index contributed by atoms with van der Waals surface area (Å²) in [4.78, 5) is 0. The summed E-state index contributed by atoms with van der Waals surface area (Å²) in [5.74, 6) is 0.699. The van der Waals surface area contributed by atoms with Gasteiger partial charge in [0.1, 0.15) is 11.9 Å². The first-order valence-corrected chi connectivity index (χ1v) is 6.23. The van der Waals surface area contributed by atoms with Gasteiger partial charge in [-0.25, -0.2) is 0 Å². The Bertz CT molecular complexity index is 576. The van der Waals surface area contributed by atoms with Crippen molar-refractivity contribution in [1.29, 1.82) is 5.26 Å². The van der Waals surface area contributed by atoms with Crippen LogP contribution in [0.15, 0.2) is 30.3 Å². The Hall–Kier alpha value is -2.41. The lowest BCUT2D eigenvalue weighted by molar-refractivity contribution is 0.947. The van der Waals surface area contributed by atoms with Crippen molar-refractivity contribution in [3.63, 3.8) is 0 Å². The standard InChI is InChI=1S/C15H16N4/c1-11-4-3-5-12(2)14(11)8-9-17-15-7-6-13(10-16)18-19-15/h3-7H,8-9H2,1-2H3,(H,17,19). The van der Waals surface area contributed by atoms with Gasteiger partial charge in [0.25, 0.3) is 0 Å². The molecule has 0 saturated heterocycles. The monoisotopic (exact) mass is 252 g/mol. The third kappa shape index (κ3) is 3.29. The second-order valence-corrected chi connectivity index (χ2v) is 4.46. The van der Waals surface area contributed by atoms with Gasteiger partial charge in [0.2, 0.25) is 0 Å². The summed E-state index contributed by atoms with van der Waals surface area (Å²) < 4.78 is 0. The first kappa shape index (κ1) is 13.0. The number of aromatic nitrogens is 2. The van der Waals surface area contributed by atoms with E-state index in [1.165, 1.54) is 16.7 Å². The first-order valence-electron chi connectivity index (χ1n) is 6.23. The molecule has 0 radical (unpaired) electrons. The van der Waals surface area contributed by atoms with Gasteiger partial charge in [-0.1, -0.05) is 18.2 Å². The summed E-state index contributed by atoms with van der Waals surface area (Å²) in [5.41, 5.74) is 4.33. The molecule has 0 bridgehead atoms. The van der Waals surface area contributed by atoms with Crippen LogP contribution in [0.2, 0.25) is 0 Å². The lowest BCUT2D eigenvalue weighted by Crippen LogP contribution is -2.08. The highest BCUT2D eigenvalue weighted by atomic mass is 15.2. The number of hydrogen-bond donors (Lipinski definition) is 1. The van der Waals surface area contributed by atoms with Crippen LogP contribution in [0.5, 0.6) is 0 Å². The maximum absolute atomic E-state index is 8.64. The van der Waals surface area contributed by atoms with Crippen molar-refractivity contribution in [1.82, 2.24) is 10.2 Å². The number of hydrogen-bond acceptors (Lipinski definition) is 4. The number of anilines is 1. The minimum atomic E-state index is 0.334. The topological polar surface area (TPSA) is 61.6 Å². The van der Waals surface area contributed by atoms with Crippen molar-refractivity contribution in [2.24, 2.45) is 0 Å². The molecule has 0 atom stereocenters. The van der Waals surface area contributed by atoms with E-state index in [0.29, 0.717) is 11.5 Å². The maximum Gasteiger partial charge on any atom is 0.163 e. The molecule has 0 aliphatic rings. The second kappa shape index (κ2) is 5.96. The van der Waals surface area contributed by atoms with Crippen LogP contribution in [0.1, 0.15) is 22.4 Å². The zero-order valence-corrected chi connectivity index (χ0v) is 11.1. The lowest BCUT2D eigenvalue weighted by atomic mass is 10.0. The Balaban J connectivity index is 1.95. The molecule has 1 N–H and O–H groups in total. The summed E-state index contributed by atoms with van der Waals surface area (Å²) in [5, 5.41) is 19.6.